The Hall–Kier alpha value is -1.97. The minimum Gasteiger partial charge on any atom is -0.475 e. The zero-order valence-electron chi connectivity index (χ0n) is 11.8. The number of carbonyl (C=O) groups excluding carboxylic acids is 1. The standard InChI is InChI=1S/C15H21NO3/c1-5-14(15(17)18-4)19-13-10-8-9-12(11-13)16(6-2)7-3/h5,8-11,14H,1,6-7H2,2-4H3/t14-/m0/s1. The van der Waals surface area contributed by atoms with Gasteiger partial charge in [-0.15, -0.1) is 0 Å². The number of esters is 1. The van der Waals surface area contributed by atoms with Gasteiger partial charge in [-0.2, -0.15) is 0 Å². The van der Waals surface area contributed by atoms with E-state index in [1.807, 2.05) is 24.3 Å². The Morgan fingerprint density at radius 1 is 1.42 bits per heavy atom. The summed E-state index contributed by atoms with van der Waals surface area (Å²) >= 11 is 0. The first-order valence-corrected chi connectivity index (χ1v) is 6.38. The van der Waals surface area contributed by atoms with E-state index in [1.54, 1.807) is 0 Å². The summed E-state index contributed by atoms with van der Waals surface area (Å²) in [7, 11) is 1.33. The number of benzene rings is 1. The van der Waals surface area contributed by atoms with Gasteiger partial charge in [-0.3, -0.25) is 0 Å². The Morgan fingerprint density at radius 2 is 2.11 bits per heavy atom. The van der Waals surface area contributed by atoms with E-state index < -0.39 is 12.1 Å². The molecule has 0 N–H and O–H groups in total. The third-order valence-corrected chi connectivity index (χ3v) is 2.86. The van der Waals surface area contributed by atoms with Crippen LogP contribution in [0.25, 0.3) is 0 Å². The van der Waals surface area contributed by atoms with Crippen molar-refractivity contribution in [1.82, 2.24) is 0 Å². The lowest BCUT2D eigenvalue weighted by Gasteiger charge is -2.22. The van der Waals surface area contributed by atoms with Crippen molar-refractivity contribution in [1.29, 1.82) is 0 Å². The molecule has 0 aliphatic heterocycles. The normalized spacial score (nSPS) is 11.5. The van der Waals surface area contributed by atoms with Gasteiger partial charge in [0.2, 0.25) is 6.10 Å². The lowest BCUT2D eigenvalue weighted by Crippen LogP contribution is -2.26. The van der Waals surface area contributed by atoms with Crippen molar-refractivity contribution >= 4 is 11.7 Å². The maximum Gasteiger partial charge on any atom is 0.351 e. The lowest BCUT2D eigenvalue weighted by molar-refractivity contribution is -0.146. The second-order valence-electron chi connectivity index (χ2n) is 3.97. The molecule has 0 spiro atoms. The molecule has 0 fully saturated rings. The molecule has 4 heteroatoms. The summed E-state index contributed by atoms with van der Waals surface area (Å²) < 4.78 is 10.2. The smallest absolute Gasteiger partial charge is 0.351 e. The Kier molecular flexibility index (Phi) is 5.93. The molecule has 1 atom stereocenters. The van der Waals surface area contributed by atoms with Crippen LogP contribution in [-0.4, -0.2) is 32.3 Å². The highest BCUT2D eigenvalue weighted by Crippen LogP contribution is 2.22. The summed E-state index contributed by atoms with van der Waals surface area (Å²) in [6.45, 7) is 9.61. The van der Waals surface area contributed by atoms with Crippen LogP contribution in [0.2, 0.25) is 0 Å². The van der Waals surface area contributed by atoms with Crippen LogP contribution in [0.4, 0.5) is 5.69 Å². The SMILES string of the molecule is C=C[C@H](Oc1cccc(N(CC)CC)c1)C(=O)OC. The number of ether oxygens (including phenoxy) is 2. The maximum atomic E-state index is 11.4. The second kappa shape index (κ2) is 7.46. The molecule has 0 radical (unpaired) electrons. The molecule has 0 saturated heterocycles. The Labute approximate surface area is 114 Å². The van der Waals surface area contributed by atoms with Gasteiger partial charge in [-0.1, -0.05) is 12.6 Å². The van der Waals surface area contributed by atoms with Crippen molar-refractivity contribution < 1.29 is 14.3 Å². The van der Waals surface area contributed by atoms with Crippen LogP contribution < -0.4 is 9.64 Å². The quantitative estimate of drug-likeness (QED) is 0.560. The van der Waals surface area contributed by atoms with Crippen molar-refractivity contribution in [2.45, 2.75) is 20.0 Å². The molecule has 0 amide bonds. The molecule has 0 unspecified atom stereocenters. The molecule has 0 aliphatic rings. The van der Waals surface area contributed by atoms with Crippen molar-refractivity contribution in [3.8, 4) is 5.75 Å². The molecule has 0 aromatic heterocycles. The molecular formula is C15H21NO3. The van der Waals surface area contributed by atoms with Gasteiger partial charge in [0.1, 0.15) is 5.75 Å². The van der Waals surface area contributed by atoms with E-state index in [-0.39, 0.29) is 0 Å². The van der Waals surface area contributed by atoms with E-state index in [2.05, 4.69) is 30.1 Å². The van der Waals surface area contributed by atoms with Gasteiger partial charge < -0.3 is 14.4 Å². The summed E-state index contributed by atoms with van der Waals surface area (Å²) in [6.07, 6.45) is 0.646. The van der Waals surface area contributed by atoms with E-state index in [9.17, 15) is 4.79 Å². The molecule has 0 heterocycles. The van der Waals surface area contributed by atoms with Crippen LogP contribution in [0, 0.1) is 0 Å². The average molecular weight is 263 g/mol. The Bertz CT molecular complexity index is 427. The highest BCUT2D eigenvalue weighted by atomic mass is 16.6. The van der Waals surface area contributed by atoms with E-state index >= 15 is 0 Å². The molecule has 0 saturated carbocycles. The number of anilines is 1. The van der Waals surface area contributed by atoms with Crippen molar-refractivity contribution in [2.75, 3.05) is 25.1 Å². The van der Waals surface area contributed by atoms with E-state index in [0.717, 1.165) is 18.8 Å². The molecular weight excluding hydrogens is 242 g/mol. The summed E-state index contributed by atoms with van der Waals surface area (Å²) in [4.78, 5) is 13.7. The summed E-state index contributed by atoms with van der Waals surface area (Å²) in [5.74, 6) is 0.169. The van der Waals surface area contributed by atoms with Crippen LogP contribution in [0.15, 0.2) is 36.9 Å². The predicted octanol–water partition coefficient (Wildman–Crippen LogP) is 2.64. The summed E-state index contributed by atoms with van der Waals surface area (Å²) in [5, 5.41) is 0. The Morgan fingerprint density at radius 3 is 2.63 bits per heavy atom. The predicted molar refractivity (Wildman–Crippen MR) is 76.6 cm³/mol. The first-order chi connectivity index (χ1) is 9.15. The van der Waals surface area contributed by atoms with Crippen LogP contribution in [0.5, 0.6) is 5.75 Å². The highest BCUT2D eigenvalue weighted by molar-refractivity contribution is 5.77. The van der Waals surface area contributed by atoms with Crippen LogP contribution in [0.1, 0.15) is 13.8 Å². The molecule has 1 rings (SSSR count). The monoisotopic (exact) mass is 263 g/mol. The van der Waals surface area contributed by atoms with E-state index in [0.29, 0.717) is 5.75 Å². The zero-order chi connectivity index (χ0) is 14.3. The third kappa shape index (κ3) is 4.02. The molecule has 4 nitrogen and oxygen atoms in total. The van der Waals surface area contributed by atoms with Crippen molar-refractivity contribution in [2.24, 2.45) is 0 Å². The van der Waals surface area contributed by atoms with Gasteiger partial charge in [0, 0.05) is 24.8 Å². The minimum absolute atomic E-state index is 0.455. The largest absolute Gasteiger partial charge is 0.475 e. The fourth-order valence-electron chi connectivity index (χ4n) is 1.80. The number of hydrogen-bond donors (Lipinski definition) is 0. The molecule has 0 bridgehead atoms. The maximum absolute atomic E-state index is 11.4. The molecule has 19 heavy (non-hydrogen) atoms. The number of hydrogen-bond acceptors (Lipinski definition) is 4. The van der Waals surface area contributed by atoms with Gasteiger partial charge in [-0.25, -0.2) is 4.79 Å². The second-order valence-corrected chi connectivity index (χ2v) is 3.97. The molecule has 1 aromatic carbocycles. The minimum atomic E-state index is -0.781. The highest BCUT2D eigenvalue weighted by Gasteiger charge is 2.17. The average Bonchev–Trinajstić information content (AvgIpc) is 2.45. The number of nitrogens with zero attached hydrogens (tertiary/aromatic N) is 1. The number of carbonyl (C=O) groups is 1. The number of methoxy groups -OCH3 is 1. The van der Waals surface area contributed by atoms with Gasteiger partial charge in [-0.05, 0) is 32.1 Å². The third-order valence-electron chi connectivity index (χ3n) is 2.86. The lowest BCUT2D eigenvalue weighted by atomic mass is 10.2. The first-order valence-electron chi connectivity index (χ1n) is 6.38. The van der Waals surface area contributed by atoms with Crippen LogP contribution in [0.3, 0.4) is 0 Å². The number of rotatable bonds is 7. The van der Waals surface area contributed by atoms with E-state index in [1.165, 1.54) is 13.2 Å². The topological polar surface area (TPSA) is 38.8 Å². The van der Waals surface area contributed by atoms with Crippen molar-refractivity contribution in [3.05, 3.63) is 36.9 Å². The summed E-state index contributed by atoms with van der Waals surface area (Å²) in [6, 6.07) is 7.64. The molecule has 104 valence electrons. The van der Waals surface area contributed by atoms with E-state index in [4.69, 9.17) is 4.74 Å². The fraction of sp³-hybridized carbons (Fsp3) is 0.400. The van der Waals surface area contributed by atoms with Gasteiger partial charge in [0.05, 0.1) is 7.11 Å². The first kappa shape index (κ1) is 15.1. The van der Waals surface area contributed by atoms with Crippen LogP contribution in [-0.2, 0) is 9.53 Å². The molecule has 0 aliphatic carbocycles. The Balaban J connectivity index is 2.87. The summed E-state index contributed by atoms with van der Waals surface area (Å²) in [5.41, 5.74) is 1.06. The fourth-order valence-corrected chi connectivity index (χ4v) is 1.80. The zero-order valence-corrected chi connectivity index (χ0v) is 11.8. The van der Waals surface area contributed by atoms with Gasteiger partial charge >= 0.3 is 5.97 Å². The van der Waals surface area contributed by atoms with Crippen LogP contribution >= 0.6 is 0 Å². The van der Waals surface area contributed by atoms with Gasteiger partial charge in [0.15, 0.2) is 0 Å². The van der Waals surface area contributed by atoms with Gasteiger partial charge in [0.25, 0.3) is 0 Å². The van der Waals surface area contributed by atoms with Crippen molar-refractivity contribution in [3.63, 3.8) is 0 Å². The molecule has 1 aromatic rings.